The molecule has 162 valence electrons. The minimum absolute atomic E-state index is 0. The third-order valence-electron chi connectivity index (χ3n) is 6.01. The Bertz CT molecular complexity index is 783. The highest BCUT2D eigenvalue weighted by Crippen LogP contribution is 2.47. The number of aliphatic imine (C=N–C) groups is 1. The first-order valence-corrected chi connectivity index (χ1v) is 11.0. The molecule has 1 aliphatic heterocycles. The summed E-state index contributed by atoms with van der Waals surface area (Å²) in [7, 11) is 0. The minimum Gasteiger partial charge on any atom is -0.376 e. The summed E-state index contributed by atoms with van der Waals surface area (Å²) in [5.74, 6) is 3.05. The maximum Gasteiger partial charge on any atom is 0.193 e. The quantitative estimate of drug-likeness (QED) is 0.306. The van der Waals surface area contributed by atoms with Crippen LogP contribution in [0.4, 0.5) is 0 Å². The number of guanidine groups is 1. The van der Waals surface area contributed by atoms with Gasteiger partial charge in [0.2, 0.25) is 0 Å². The highest BCUT2D eigenvalue weighted by Gasteiger charge is 2.38. The molecule has 1 saturated heterocycles. The summed E-state index contributed by atoms with van der Waals surface area (Å²) in [6.45, 7) is 7.61. The number of nitrogens with one attached hydrogen (secondary N) is 1. The highest BCUT2D eigenvalue weighted by molar-refractivity contribution is 14.0. The van der Waals surface area contributed by atoms with Gasteiger partial charge in [0.1, 0.15) is 0 Å². The summed E-state index contributed by atoms with van der Waals surface area (Å²) in [5.41, 5.74) is 2.71. The maximum atomic E-state index is 5.98. The van der Waals surface area contributed by atoms with Crippen molar-refractivity contribution < 1.29 is 4.74 Å². The molecule has 0 aromatic heterocycles. The molecule has 3 atom stereocenters. The molecule has 1 N–H and O–H groups in total. The smallest absolute Gasteiger partial charge is 0.193 e. The molecule has 0 amide bonds. The predicted molar refractivity (Wildman–Crippen MR) is 134 cm³/mol. The van der Waals surface area contributed by atoms with Gasteiger partial charge >= 0.3 is 0 Å². The van der Waals surface area contributed by atoms with Crippen molar-refractivity contribution in [3.63, 3.8) is 0 Å². The number of likely N-dealkylation sites (tertiary alicyclic amines) is 1. The van der Waals surface area contributed by atoms with Crippen molar-refractivity contribution >= 4 is 29.9 Å². The fourth-order valence-electron chi connectivity index (χ4n) is 4.27. The van der Waals surface area contributed by atoms with Gasteiger partial charge in [-0.15, -0.1) is 24.0 Å². The van der Waals surface area contributed by atoms with Crippen LogP contribution in [-0.2, 0) is 11.3 Å². The molecule has 1 aliphatic carbocycles. The summed E-state index contributed by atoms with van der Waals surface area (Å²) in [4.78, 5) is 7.40. The topological polar surface area (TPSA) is 36.9 Å². The molecule has 2 aliphatic rings. The van der Waals surface area contributed by atoms with E-state index in [4.69, 9.17) is 9.73 Å². The van der Waals surface area contributed by atoms with E-state index in [0.29, 0.717) is 24.4 Å². The van der Waals surface area contributed by atoms with E-state index in [-0.39, 0.29) is 24.0 Å². The summed E-state index contributed by atoms with van der Waals surface area (Å²) in [6, 6.07) is 21.3. The van der Waals surface area contributed by atoms with Gasteiger partial charge in [-0.25, -0.2) is 0 Å². The van der Waals surface area contributed by atoms with Gasteiger partial charge in [-0.05, 0) is 42.7 Å². The molecule has 30 heavy (non-hydrogen) atoms. The fourth-order valence-corrected chi connectivity index (χ4v) is 4.27. The normalized spacial score (nSPS) is 23.2. The summed E-state index contributed by atoms with van der Waals surface area (Å²) in [6.07, 6.45) is 2.44. The molecular weight excluding hydrogens is 485 g/mol. The van der Waals surface area contributed by atoms with E-state index in [1.165, 1.54) is 24.0 Å². The molecule has 0 bridgehead atoms. The monoisotopic (exact) mass is 519 g/mol. The van der Waals surface area contributed by atoms with E-state index in [9.17, 15) is 0 Å². The Morgan fingerprint density at radius 3 is 2.57 bits per heavy atom. The van der Waals surface area contributed by atoms with E-state index >= 15 is 0 Å². The van der Waals surface area contributed by atoms with E-state index in [0.717, 1.165) is 38.7 Å². The average Bonchev–Trinajstić information content (AvgIpc) is 3.40. The van der Waals surface area contributed by atoms with Crippen LogP contribution in [0.5, 0.6) is 0 Å². The van der Waals surface area contributed by atoms with E-state index in [2.05, 4.69) is 71.7 Å². The van der Waals surface area contributed by atoms with Crippen molar-refractivity contribution in [3.8, 4) is 0 Å². The van der Waals surface area contributed by atoms with E-state index in [1.54, 1.807) is 0 Å². The number of halogens is 1. The van der Waals surface area contributed by atoms with Crippen molar-refractivity contribution in [2.75, 3.05) is 32.8 Å². The van der Waals surface area contributed by atoms with Crippen molar-refractivity contribution in [1.29, 1.82) is 0 Å². The lowest BCUT2D eigenvalue weighted by atomic mass is 10.1. The lowest BCUT2D eigenvalue weighted by Gasteiger charge is -2.21. The first-order chi connectivity index (χ1) is 14.3. The molecule has 1 saturated carbocycles. The molecule has 0 radical (unpaired) electrons. The summed E-state index contributed by atoms with van der Waals surface area (Å²) < 4.78 is 5.98. The molecule has 2 aromatic rings. The van der Waals surface area contributed by atoms with Crippen LogP contribution in [0, 0.1) is 11.8 Å². The Hall–Kier alpha value is -1.60. The van der Waals surface area contributed by atoms with E-state index < -0.39 is 0 Å². The molecule has 4 rings (SSSR count). The number of hydrogen-bond donors (Lipinski definition) is 1. The van der Waals surface area contributed by atoms with Gasteiger partial charge < -0.3 is 15.0 Å². The van der Waals surface area contributed by atoms with E-state index in [1.807, 2.05) is 6.07 Å². The molecule has 1 heterocycles. The first kappa shape index (κ1) is 23.1. The van der Waals surface area contributed by atoms with Crippen molar-refractivity contribution in [2.24, 2.45) is 16.8 Å². The van der Waals surface area contributed by atoms with Gasteiger partial charge in [0.15, 0.2) is 5.96 Å². The third-order valence-corrected chi connectivity index (χ3v) is 6.01. The molecule has 3 unspecified atom stereocenters. The summed E-state index contributed by atoms with van der Waals surface area (Å²) in [5, 5.41) is 3.50. The number of rotatable bonds is 8. The number of nitrogens with zero attached hydrogens (tertiary/aromatic N) is 2. The lowest BCUT2D eigenvalue weighted by molar-refractivity contribution is 0.0906. The van der Waals surface area contributed by atoms with Crippen molar-refractivity contribution in [3.05, 3.63) is 71.8 Å². The fraction of sp³-hybridized carbons (Fsp3) is 0.480. The summed E-state index contributed by atoms with van der Waals surface area (Å²) >= 11 is 0. The van der Waals surface area contributed by atoms with Crippen molar-refractivity contribution in [1.82, 2.24) is 10.2 Å². The van der Waals surface area contributed by atoms with Gasteiger partial charge in [0.25, 0.3) is 0 Å². The van der Waals surface area contributed by atoms with Crippen LogP contribution >= 0.6 is 24.0 Å². The Labute approximate surface area is 198 Å². The first-order valence-electron chi connectivity index (χ1n) is 11.0. The zero-order valence-electron chi connectivity index (χ0n) is 17.9. The Balaban J connectivity index is 0.00000256. The largest absolute Gasteiger partial charge is 0.376 e. The van der Waals surface area contributed by atoms with Crippen LogP contribution < -0.4 is 5.32 Å². The van der Waals surface area contributed by atoms with Crippen LogP contribution in [0.25, 0.3) is 0 Å². The van der Waals surface area contributed by atoms with Gasteiger partial charge in [0.05, 0.1) is 13.2 Å². The lowest BCUT2D eigenvalue weighted by Crippen LogP contribution is -2.40. The second kappa shape index (κ2) is 11.7. The number of ether oxygens (including phenoxy) is 1. The van der Waals surface area contributed by atoms with Gasteiger partial charge in [-0.2, -0.15) is 0 Å². The SMILES string of the molecule is CCNC(=NCC1CC1c1ccccc1)N1CCC(COCc2ccccc2)C1.I. The van der Waals surface area contributed by atoms with Crippen LogP contribution in [-0.4, -0.2) is 43.6 Å². The standard InChI is InChI=1S/C25H33N3O.HI/c1-2-26-25(27-16-23-15-24(23)22-11-7-4-8-12-22)28-14-13-21(17-28)19-29-18-20-9-5-3-6-10-20;/h3-12,21,23-24H,2,13-19H2,1H3,(H,26,27);1H. The number of hydrogen-bond acceptors (Lipinski definition) is 2. The molecule has 2 fully saturated rings. The number of benzene rings is 2. The second-order valence-corrected chi connectivity index (χ2v) is 8.31. The zero-order chi connectivity index (χ0) is 19.9. The molecule has 4 nitrogen and oxygen atoms in total. The van der Waals surface area contributed by atoms with Crippen LogP contribution in [0.15, 0.2) is 65.7 Å². The third kappa shape index (κ3) is 6.45. The molecule has 0 spiro atoms. The Kier molecular flexibility index (Phi) is 9.00. The van der Waals surface area contributed by atoms with Gasteiger partial charge in [-0.3, -0.25) is 4.99 Å². The Morgan fingerprint density at radius 2 is 1.83 bits per heavy atom. The second-order valence-electron chi connectivity index (χ2n) is 8.31. The van der Waals surface area contributed by atoms with Crippen molar-refractivity contribution in [2.45, 2.75) is 32.3 Å². The van der Waals surface area contributed by atoms with Gasteiger partial charge in [0, 0.05) is 32.1 Å². The Morgan fingerprint density at radius 1 is 1.10 bits per heavy atom. The maximum absolute atomic E-state index is 5.98. The zero-order valence-corrected chi connectivity index (χ0v) is 20.2. The molecular formula is C25H34IN3O. The highest BCUT2D eigenvalue weighted by atomic mass is 127. The average molecular weight is 519 g/mol. The predicted octanol–water partition coefficient (Wildman–Crippen LogP) is 4.91. The molecule has 5 heteroatoms. The van der Waals surface area contributed by atoms with Crippen LogP contribution in [0.1, 0.15) is 36.8 Å². The van der Waals surface area contributed by atoms with Crippen LogP contribution in [0.2, 0.25) is 0 Å². The minimum atomic E-state index is 0. The van der Waals surface area contributed by atoms with Gasteiger partial charge in [-0.1, -0.05) is 60.7 Å². The van der Waals surface area contributed by atoms with Crippen LogP contribution in [0.3, 0.4) is 0 Å². The molecule has 2 aromatic carbocycles.